The number of hydrazine groups is 1. The van der Waals surface area contributed by atoms with Gasteiger partial charge in [-0.2, -0.15) is 0 Å². The number of carbonyl (C=O) groups excluding carboxylic acids is 1. The normalized spacial score (nSPS) is 9.95. The summed E-state index contributed by atoms with van der Waals surface area (Å²) in [7, 11) is 1.57. The molecule has 0 radical (unpaired) electrons. The Bertz CT molecular complexity index is 609. The molecule has 9 heteroatoms. The van der Waals surface area contributed by atoms with Crippen LogP contribution in [0.1, 0.15) is 10.4 Å². The molecule has 2 N–H and O–H groups in total. The van der Waals surface area contributed by atoms with Crippen molar-refractivity contribution in [2.45, 2.75) is 0 Å². The van der Waals surface area contributed by atoms with E-state index in [2.05, 4.69) is 20.8 Å². The Balaban J connectivity index is 2.09. The molecule has 0 atom stereocenters. The van der Waals surface area contributed by atoms with Crippen LogP contribution in [0.25, 0.3) is 0 Å². The van der Waals surface area contributed by atoms with Crippen molar-refractivity contribution in [3.05, 3.63) is 46.5 Å². The Morgan fingerprint density at radius 1 is 1.53 bits per heavy atom. The highest BCUT2D eigenvalue weighted by atomic mass is 16.6. The molecule has 2 aromatic heterocycles. The third-order valence-electron chi connectivity index (χ3n) is 2.31. The summed E-state index contributed by atoms with van der Waals surface area (Å²) in [5, 5.41) is 10.7. The van der Waals surface area contributed by atoms with E-state index in [1.165, 1.54) is 23.3 Å². The molecule has 2 aromatic rings. The summed E-state index contributed by atoms with van der Waals surface area (Å²) >= 11 is 0. The number of rotatable bonds is 4. The molecule has 0 aliphatic carbocycles. The minimum atomic E-state index is -0.640. The number of anilines is 1. The fourth-order valence-corrected chi connectivity index (χ4v) is 1.38. The van der Waals surface area contributed by atoms with Gasteiger partial charge in [-0.15, -0.1) is 0 Å². The second-order valence-electron chi connectivity index (χ2n) is 3.61. The fourth-order valence-electron chi connectivity index (χ4n) is 1.38. The topological polar surface area (TPSA) is 115 Å². The number of imidazole rings is 1. The Morgan fingerprint density at radius 3 is 2.95 bits per heavy atom. The molecule has 0 aliphatic heterocycles. The minimum Gasteiger partial charge on any atom is -0.358 e. The van der Waals surface area contributed by atoms with Gasteiger partial charge >= 0.3 is 5.82 Å². The monoisotopic (exact) mass is 262 g/mol. The molecular weight excluding hydrogens is 252 g/mol. The van der Waals surface area contributed by atoms with Gasteiger partial charge < -0.3 is 10.1 Å². The minimum absolute atomic E-state index is 0.0854. The van der Waals surface area contributed by atoms with E-state index in [9.17, 15) is 14.9 Å². The van der Waals surface area contributed by atoms with Crippen molar-refractivity contribution in [1.29, 1.82) is 0 Å². The van der Waals surface area contributed by atoms with Gasteiger partial charge in [0.1, 0.15) is 0 Å². The van der Waals surface area contributed by atoms with E-state index in [-0.39, 0.29) is 11.6 Å². The highest BCUT2D eigenvalue weighted by Crippen LogP contribution is 2.19. The number of nitrogens with zero attached hydrogens (tertiary/aromatic N) is 4. The van der Waals surface area contributed by atoms with Gasteiger partial charge in [-0.25, -0.2) is 0 Å². The first-order chi connectivity index (χ1) is 9.09. The van der Waals surface area contributed by atoms with Crippen LogP contribution in [0.3, 0.4) is 0 Å². The van der Waals surface area contributed by atoms with Gasteiger partial charge in [0.25, 0.3) is 5.91 Å². The molecule has 0 aromatic carbocycles. The maximum atomic E-state index is 11.7. The van der Waals surface area contributed by atoms with Crippen molar-refractivity contribution in [3.63, 3.8) is 0 Å². The average molecular weight is 262 g/mol. The number of aromatic nitrogens is 3. The van der Waals surface area contributed by atoms with Gasteiger partial charge in [-0.1, -0.05) is 0 Å². The third-order valence-corrected chi connectivity index (χ3v) is 2.31. The van der Waals surface area contributed by atoms with Crippen LogP contribution in [0.2, 0.25) is 0 Å². The largest absolute Gasteiger partial charge is 0.408 e. The molecule has 2 rings (SSSR count). The zero-order chi connectivity index (χ0) is 13.8. The molecule has 0 fully saturated rings. The summed E-state index contributed by atoms with van der Waals surface area (Å²) in [6, 6.07) is 3.18. The predicted molar refractivity (Wildman–Crippen MR) is 65.2 cm³/mol. The SMILES string of the molecule is Cn1cnc([N+](=O)[O-])c1NNC(=O)c1cccnc1. The predicted octanol–water partition coefficient (Wildman–Crippen LogP) is 0.480. The fraction of sp³-hybridized carbons (Fsp3) is 0.100. The third kappa shape index (κ3) is 2.65. The molecule has 2 heterocycles. The Kier molecular flexibility index (Phi) is 3.37. The van der Waals surface area contributed by atoms with Crippen molar-refractivity contribution in [2.75, 3.05) is 5.43 Å². The molecule has 0 saturated heterocycles. The molecule has 1 amide bonds. The van der Waals surface area contributed by atoms with E-state index in [4.69, 9.17) is 0 Å². The Morgan fingerprint density at radius 2 is 2.32 bits per heavy atom. The van der Waals surface area contributed by atoms with Crippen molar-refractivity contribution in [1.82, 2.24) is 20.0 Å². The van der Waals surface area contributed by atoms with E-state index < -0.39 is 10.8 Å². The summed E-state index contributed by atoms with van der Waals surface area (Å²) in [6.45, 7) is 0. The van der Waals surface area contributed by atoms with E-state index in [0.29, 0.717) is 5.56 Å². The molecule has 0 unspecified atom stereocenters. The van der Waals surface area contributed by atoms with Gasteiger partial charge in [-0.3, -0.25) is 25.2 Å². The number of hydrogen-bond acceptors (Lipinski definition) is 6. The van der Waals surface area contributed by atoms with Crippen LogP contribution in [0.5, 0.6) is 0 Å². The maximum absolute atomic E-state index is 11.7. The number of hydrogen-bond donors (Lipinski definition) is 2. The summed E-state index contributed by atoms with van der Waals surface area (Å²) in [5.41, 5.74) is 5.15. The van der Waals surface area contributed by atoms with E-state index in [1.54, 1.807) is 19.2 Å². The van der Waals surface area contributed by atoms with Crippen LogP contribution in [0, 0.1) is 10.1 Å². The van der Waals surface area contributed by atoms with Crippen LogP contribution in [0.15, 0.2) is 30.9 Å². The molecule has 9 nitrogen and oxygen atoms in total. The lowest BCUT2D eigenvalue weighted by molar-refractivity contribution is -0.388. The first-order valence-corrected chi connectivity index (χ1v) is 5.21. The van der Waals surface area contributed by atoms with E-state index in [0.717, 1.165) is 0 Å². The number of carbonyl (C=O) groups is 1. The molecular formula is C10H10N6O3. The molecule has 0 spiro atoms. The number of pyridine rings is 1. The van der Waals surface area contributed by atoms with Crippen LogP contribution < -0.4 is 10.9 Å². The highest BCUT2D eigenvalue weighted by molar-refractivity contribution is 5.94. The smallest absolute Gasteiger partial charge is 0.358 e. The van der Waals surface area contributed by atoms with Gasteiger partial charge in [0, 0.05) is 19.4 Å². The van der Waals surface area contributed by atoms with Gasteiger partial charge in [-0.05, 0) is 22.0 Å². The standard InChI is InChI=1S/C10H10N6O3/c1-15-6-12-8(16(18)19)9(15)13-14-10(17)7-3-2-4-11-5-7/h2-6,13H,1H3,(H,14,17). The van der Waals surface area contributed by atoms with Crippen molar-refractivity contribution in [2.24, 2.45) is 7.05 Å². The van der Waals surface area contributed by atoms with Crippen LogP contribution in [0.4, 0.5) is 11.6 Å². The molecule has 19 heavy (non-hydrogen) atoms. The highest BCUT2D eigenvalue weighted by Gasteiger charge is 2.20. The second-order valence-corrected chi connectivity index (χ2v) is 3.61. The molecule has 0 bridgehead atoms. The Hall–Kier alpha value is -2.97. The number of aryl methyl sites for hydroxylation is 1. The number of amides is 1. The number of nitrogens with one attached hydrogen (secondary N) is 2. The van der Waals surface area contributed by atoms with Gasteiger partial charge in [0.2, 0.25) is 12.1 Å². The van der Waals surface area contributed by atoms with Gasteiger partial charge in [0.15, 0.2) is 0 Å². The van der Waals surface area contributed by atoms with Crippen molar-refractivity contribution >= 4 is 17.5 Å². The van der Waals surface area contributed by atoms with Crippen LogP contribution in [-0.2, 0) is 7.05 Å². The molecule has 0 saturated carbocycles. The van der Waals surface area contributed by atoms with E-state index in [1.807, 2.05) is 0 Å². The summed E-state index contributed by atoms with van der Waals surface area (Å²) < 4.78 is 1.39. The van der Waals surface area contributed by atoms with E-state index >= 15 is 0 Å². The molecule has 98 valence electrons. The lowest BCUT2D eigenvalue weighted by Crippen LogP contribution is -2.30. The quantitative estimate of drug-likeness (QED) is 0.611. The first-order valence-electron chi connectivity index (χ1n) is 5.21. The summed E-state index contributed by atoms with van der Waals surface area (Å²) in [6.07, 6.45) is 4.20. The lowest BCUT2D eigenvalue weighted by atomic mass is 10.3. The maximum Gasteiger partial charge on any atom is 0.408 e. The average Bonchev–Trinajstić information content (AvgIpc) is 2.78. The first kappa shape index (κ1) is 12.5. The van der Waals surface area contributed by atoms with Crippen molar-refractivity contribution in [3.8, 4) is 0 Å². The summed E-state index contributed by atoms with van der Waals surface area (Å²) in [5.74, 6) is -0.736. The Labute approximate surface area is 107 Å². The second kappa shape index (κ2) is 5.12. The van der Waals surface area contributed by atoms with Gasteiger partial charge in [0.05, 0.1) is 5.56 Å². The zero-order valence-corrected chi connectivity index (χ0v) is 9.90. The molecule has 0 aliphatic rings. The zero-order valence-electron chi connectivity index (χ0n) is 9.90. The summed E-state index contributed by atoms with van der Waals surface area (Å²) in [4.78, 5) is 29.2. The van der Waals surface area contributed by atoms with Crippen LogP contribution in [-0.4, -0.2) is 25.4 Å². The van der Waals surface area contributed by atoms with Crippen LogP contribution >= 0.6 is 0 Å². The number of nitro groups is 1. The lowest BCUT2D eigenvalue weighted by Gasteiger charge is -2.07. The van der Waals surface area contributed by atoms with Crippen molar-refractivity contribution < 1.29 is 9.72 Å².